The molecule has 118 valence electrons. The van der Waals surface area contributed by atoms with Gasteiger partial charge in [-0.05, 0) is 55.7 Å². The molecule has 1 fully saturated rings. The lowest BCUT2D eigenvalue weighted by Gasteiger charge is -2.20. The highest BCUT2D eigenvalue weighted by Gasteiger charge is 2.31. The number of rotatable bonds is 5. The van der Waals surface area contributed by atoms with E-state index in [4.69, 9.17) is 5.73 Å². The minimum Gasteiger partial charge on any atom is -0.326 e. The average molecular weight is 329 g/mol. The van der Waals surface area contributed by atoms with E-state index in [1.54, 1.807) is 17.8 Å². The summed E-state index contributed by atoms with van der Waals surface area (Å²) in [5.41, 5.74) is 8.29. The smallest absolute Gasteiger partial charge is 0.241 e. The summed E-state index contributed by atoms with van der Waals surface area (Å²) < 4.78 is 28.4. The number of aryl methyl sites for hydroxylation is 1. The van der Waals surface area contributed by atoms with Crippen molar-refractivity contribution in [2.24, 2.45) is 5.73 Å². The molecule has 2 rings (SSSR count). The van der Waals surface area contributed by atoms with Crippen LogP contribution < -0.4 is 10.5 Å². The second-order valence-electron chi connectivity index (χ2n) is 5.67. The highest BCUT2D eigenvalue weighted by Crippen LogP contribution is 2.30. The molecule has 0 heterocycles. The van der Waals surface area contributed by atoms with Crippen LogP contribution in [0.5, 0.6) is 0 Å². The standard InChI is InChI=1S/C15H24N2O2S2/c1-10-7-12(9-16)8-15(11(10)2)21(18,19)17-13-5-4-6-14(13)20-3/h7-8,13-14,17H,4-6,9,16H2,1-3H3. The predicted molar refractivity (Wildman–Crippen MR) is 89.1 cm³/mol. The van der Waals surface area contributed by atoms with Crippen molar-refractivity contribution in [2.45, 2.75) is 55.8 Å². The van der Waals surface area contributed by atoms with Gasteiger partial charge in [0.25, 0.3) is 0 Å². The molecule has 6 heteroatoms. The van der Waals surface area contributed by atoms with Crippen LogP contribution in [0, 0.1) is 13.8 Å². The number of benzene rings is 1. The molecular formula is C15H24N2O2S2. The van der Waals surface area contributed by atoms with Gasteiger partial charge in [-0.2, -0.15) is 11.8 Å². The fraction of sp³-hybridized carbons (Fsp3) is 0.600. The lowest BCUT2D eigenvalue weighted by atomic mass is 10.1. The third-order valence-electron chi connectivity index (χ3n) is 4.27. The highest BCUT2D eigenvalue weighted by atomic mass is 32.2. The molecule has 0 radical (unpaired) electrons. The predicted octanol–water partition coefficient (Wildman–Crippen LogP) is 2.32. The number of hydrogen-bond donors (Lipinski definition) is 2. The topological polar surface area (TPSA) is 72.2 Å². The van der Waals surface area contributed by atoms with Gasteiger partial charge in [-0.1, -0.05) is 12.5 Å². The quantitative estimate of drug-likeness (QED) is 0.870. The van der Waals surface area contributed by atoms with Crippen LogP contribution in [0.15, 0.2) is 17.0 Å². The number of thioether (sulfide) groups is 1. The van der Waals surface area contributed by atoms with Crippen LogP contribution in [-0.2, 0) is 16.6 Å². The van der Waals surface area contributed by atoms with Crippen molar-refractivity contribution in [1.82, 2.24) is 4.72 Å². The van der Waals surface area contributed by atoms with Gasteiger partial charge in [0.05, 0.1) is 4.90 Å². The molecule has 4 nitrogen and oxygen atoms in total. The zero-order chi connectivity index (χ0) is 15.6. The van der Waals surface area contributed by atoms with Crippen LogP contribution in [-0.4, -0.2) is 26.0 Å². The fourth-order valence-corrected chi connectivity index (χ4v) is 5.60. The number of sulfonamides is 1. The summed E-state index contributed by atoms with van der Waals surface area (Å²) in [6, 6.07) is 3.69. The summed E-state index contributed by atoms with van der Waals surface area (Å²) in [5, 5.41) is 0.374. The van der Waals surface area contributed by atoms with E-state index in [9.17, 15) is 8.42 Å². The van der Waals surface area contributed by atoms with E-state index in [0.717, 1.165) is 36.0 Å². The molecule has 0 aliphatic heterocycles. The maximum Gasteiger partial charge on any atom is 0.241 e. The van der Waals surface area contributed by atoms with Crippen molar-refractivity contribution in [2.75, 3.05) is 6.26 Å². The normalized spacial score (nSPS) is 22.7. The number of nitrogens with one attached hydrogen (secondary N) is 1. The maximum atomic E-state index is 12.7. The van der Waals surface area contributed by atoms with Gasteiger partial charge in [0.2, 0.25) is 10.0 Å². The lowest BCUT2D eigenvalue weighted by Crippen LogP contribution is -2.38. The Morgan fingerprint density at radius 1 is 1.33 bits per heavy atom. The molecule has 1 aliphatic carbocycles. The molecule has 1 saturated carbocycles. The molecule has 0 spiro atoms. The van der Waals surface area contributed by atoms with Gasteiger partial charge in [0.15, 0.2) is 0 Å². The number of hydrogen-bond acceptors (Lipinski definition) is 4. The largest absolute Gasteiger partial charge is 0.326 e. The van der Waals surface area contributed by atoms with Crippen LogP contribution in [0.2, 0.25) is 0 Å². The lowest BCUT2D eigenvalue weighted by molar-refractivity contribution is 0.554. The van der Waals surface area contributed by atoms with Gasteiger partial charge in [-0.3, -0.25) is 0 Å². The van der Waals surface area contributed by atoms with Crippen molar-refractivity contribution < 1.29 is 8.42 Å². The Hall–Kier alpha value is -0.560. The molecule has 1 aromatic carbocycles. The highest BCUT2D eigenvalue weighted by molar-refractivity contribution is 7.99. The van der Waals surface area contributed by atoms with E-state index in [-0.39, 0.29) is 6.04 Å². The molecule has 0 aromatic heterocycles. The van der Waals surface area contributed by atoms with Crippen molar-refractivity contribution in [3.8, 4) is 0 Å². The molecular weight excluding hydrogens is 304 g/mol. The molecule has 0 saturated heterocycles. The third kappa shape index (κ3) is 3.62. The zero-order valence-electron chi connectivity index (χ0n) is 12.8. The minimum absolute atomic E-state index is 0.0336. The summed E-state index contributed by atoms with van der Waals surface area (Å²) in [5.74, 6) is 0. The third-order valence-corrected chi connectivity index (χ3v) is 7.05. The Bertz CT molecular complexity index is 614. The zero-order valence-corrected chi connectivity index (χ0v) is 14.5. The summed E-state index contributed by atoms with van der Waals surface area (Å²) >= 11 is 1.74. The van der Waals surface area contributed by atoms with Gasteiger partial charge >= 0.3 is 0 Å². The van der Waals surface area contributed by atoms with Crippen LogP contribution in [0.1, 0.15) is 36.0 Å². The van der Waals surface area contributed by atoms with Crippen LogP contribution >= 0.6 is 11.8 Å². The molecule has 2 atom stereocenters. The summed E-state index contributed by atoms with van der Waals surface area (Å²) in [6.45, 7) is 4.12. The second-order valence-corrected chi connectivity index (χ2v) is 8.43. The Balaban J connectivity index is 2.33. The first-order valence-corrected chi connectivity index (χ1v) is 10.0. The van der Waals surface area contributed by atoms with Crippen LogP contribution in [0.4, 0.5) is 0 Å². The summed E-state index contributed by atoms with van der Waals surface area (Å²) in [6.07, 6.45) is 5.12. The Kier molecular flexibility index (Phi) is 5.35. The van der Waals surface area contributed by atoms with Gasteiger partial charge in [-0.15, -0.1) is 0 Å². The van der Waals surface area contributed by atoms with Gasteiger partial charge in [-0.25, -0.2) is 13.1 Å². The summed E-state index contributed by atoms with van der Waals surface area (Å²) in [7, 11) is -3.49. The molecule has 0 amide bonds. The van der Waals surface area contributed by atoms with Gasteiger partial charge in [0, 0.05) is 17.8 Å². The van der Waals surface area contributed by atoms with Gasteiger partial charge in [0.1, 0.15) is 0 Å². The van der Waals surface area contributed by atoms with E-state index < -0.39 is 10.0 Å². The fourth-order valence-electron chi connectivity index (χ4n) is 2.90. The first-order valence-electron chi connectivity index (χ1n) is 7.24. The van der Waals surface area contributed by atoms with E-state index in [2.05, 4.69) is 4.72 Å². The van der Waals surface area contributed by atoms with Gasteiger partial charge < -0.3 is 5.73 Å². The second kappa shape index (κ2) is 6.69. The first-order chi connectivity index (χ1) is 9.89. The SMILES string of the molecule is CSC1CCCC1NS(=O)(=O)c1cc(CN)cc(C)c1C. The van der Waals surface area contributed by atoms with Crippen molar-refractivity contribution in [1.29, 1.82) is 0 Å². The van der Waals surface area contributed by atoms with E-state index in [1.165, 1.54) is 0 Å². The van der Waals surface area contributed by atoms with Crippen molar-refractivity contribution >= 4 is 21.8 Å². The van der Waals surface area contributed by atoms with Crippen molar-refractivity contribution in [3.63, 3.8) is 0 Å². The number of nitrogens with two attached hydrogens (primary N) is 1. The Labute approximate surface area is 131 Å². The van der Waals surface area contributed by atoms with Crippen molar-refractivity contribution in [3.05, 3.63) is 28.8 Å². The molecule has 0 bridgehead atoms. The minimum atomic E-state index is -3.49. The maximum absolute atomic E-state index is 12.7. The summed E-state index contributed by atoms with van der Waals surface area (Å²) in [4.78, 5) is 0.370. The first kappa shape index (κ1) is 16.8. The monoisotopic (exact) mass is 328 g/mol. The molecule has 2 unspecified atom stereocenters. The molecule has 3 N–H and O–H groups in total. The molecule has 1 aromatic rings. The van der Waals surface area contributed by atoms with E-state index in [1.807, 2.05) is 26.2 Å². The van der Waals surface area contributed by atoms with E-state index >= 15 is 0 Å². The van der Waals surface area contributed by atoms with Crippen LogP contribution in [0.3, 0.4) is 0 Å². The Morgan fingerprint density at radius 3 is 2.67 bits per heavy atom. The van der Waals surface area contributed by atoms with E-state index in [0.29, 0.717) is 16.7 Å². The molecule has 21 heavy (non-hydrogen) atoms. The van der Waals surface area contributed by atoms with Crippen LogP contribution in [0.25, 0.3) is 0 Å². The Morgan fingerprint density at radius 2 is 2.05 bits per heavy atom. The molecule has 1 aliphatic rings. The average Bonchev–Trinajstić information content (AvgIpc) is 2.87.